The minimum absolute atomic E-state index is 0.0157. The van der Waals surface area contributed by atoms with Crippen LogP contribution in [0.15, 0.2) is 48.5 Å². The second-order valence-corrected chi connectivity index (χ2v) is 7.01. The van der Waals surface area contributed by atoms with Crippen LogP contribution in [0.1, 0.15) is 36.4 Å². The van der Waals surface area contributed by atoms with Gasteiger partial charge in [0.1, 0.15) is 5.78 Å². The molecule has 0 N–H and O–H groups in total. The summed E-state index contributed by atoms with van der Waals surface area (Å²) >= 11 is 6.20. The van der Waals surface area contributed by atoms with Crippen molar-refractivity contribution in [2.45, 2.75) is 31.3 Å². The zero-order valence-corrected chi connectivity index (χ0v) is 13.9. The first-order valence-corrected chi connectivity index (χ1v) is 8.62. The maximum Gasteiger partial charge on any atom is 0.140 e. The summed E-state index contributed by atoms with van der Waals surface area (Å²) in [6.45, 7) is 0. The third kappa shape index (κ3) is 2.48. The van der Waals surface area contributed by atoms with Crippen molar-refractivity contribution in [3.05, 3.63) is 64.7 Å². The second kappa shape index (κ2) is 5.96. The topological polar surface area (TPSA) is 44.1 Å². The average Bonchev–Trinajstić information content (AvgIpc) is 2.61. The molecule has 0 spiro atoms. The van der Waals surface area contributed by atoms with Gasteiger partial charge in [0.05, 0.1) is 17.7 Å². The summed E-state index contributed by atoms with van der Waals surface area (Å²) in [5, 5.41) is 9.72. The van der Waals surface area contributed by atoms with Crippen LogP contribution < -0.4 is 4.90 Å². The number of piperidine rings is 2. The lowest BCUT2D eigenvalue weighted by atomic mass is 9.71. The van der Waals surface area contributed by atoms with E-state index >= 15 is 0 Å². The van der Waals surface area contributed by atoms with Crippen molar-refractivity contribution in [1.82, 2.24) is 0 Å². The third-order valence-corrected chi connectivity index (χ3v) is 5.46. The Morgan fingerprint density at radius 2 is 1.92 bits per heavy atom. The minimum Gasteiger partial charge on any atom is -0.360 e. The molecule has 120 valence electrons. The fraction of sp³-hybridized carbons (Fsp3) is 0.300. The molecule has 0 unspecified atom stereocenters. The van der Waals surface area contributed by atoms with Crippen molar-refractivity contribution in [3.8, 4) is 6.07 Å². The molecule has 3 aliphatic rings. The fourth-order valence-electron chi connectivity index (χ4n) is 4.17. The SMILES string of the molecule is N#Cc1ccc([C@H]2[C@@H]3CC[C@@H](CC3=O)N2c2cccc(Cl)c2)cc1. The Morgan fingerprint density at radius 1 is 1.12 bits per heavy atom. The molecule has 2 bridgehead atoms. The summed E-state index contributed by atoms with van der Waals surface area (Å²) < 4.78 is 0. The lowest BCUT2D eigenvalue weighted by molar-refractivity contribution is -0.128. The highest BCUT2D eigenvalue weighted by Gasteiger charge is 2.47. The van der Waals surface area contributed by atoms with Crippen LogP contribution in [0.4, 0.5) is 5.69 Å². The lowest BCUT2D eigenvalue weighted by Crippen LogP contribution is -2.54. The summed E-state index contributed by atoms with van der Waals surface area (Å²) in [5.74, 6) is 0.376. The van der Waals surface area contributed by atoms with Gasteiger partial charge in [-0.2, -0.15) is 5.26 Å². The van der Waals surface area contributed by atoms with Crippen molar-refractivity contribution in [1.29, 1.82) is 5.26 Å². The standard InChI is InChI=1S/C20H17ClN2O/c21-15-2-1-3-16(10-15)23-17-8-9-18(19(24)11-17)20(23)14-6-4-13(12-22)5-7-14/h1-7,10,17-18,20H,8-9,11H2/t17-,18+,20-/m0/s1. The van der Waals surface area contributed by atoms with Gasteiger partial charge in [-0.15, -0.1) is 0 Å². The molecule has 3 nitrogen and oxygen atoms in total. The van der Waals surface area contributed by atoms with Gasteiger partial charge in [0, 0.05) is 29.1 Å². The lowest BCUT2D eigenvalue weighted by Gasteiger charge is -2.52. The fourth-order valence-corrected chi connectivity index (χ4v) is 4.35. The highest BCUT2D eigenvalue weighted by atomic mass is 35.5. The number of nitriles is 1. The molecule has 5 rings (SSSR count). The number of hydrogen-bond acceptors (Lipinski definition) is 3. The number of benzene rings is 2. The molecular formula is C20H17ClN2O. The van der Waals surface area contributed by atoms with Gasteiger partial charge in [-0.05, 0) is 48.7 Å². The number of fused-ring (bicyclic) bond motifs is 3. The Kier molecular flexibility index (Phi) is 3.78. The van der Waals surface area contributed by atoms with E-state index in [1.165, 1.54) is 0 Å². The number of hydrogen-bond donors (Lipinski definition) is 0. The van der Waals surface area contributed by atoms with Gasteiger partial charge in [-0.1, -0.05) is 29.8 Å². The summed E-state index contributed by atoms with van der Waals surface area (Å²) in [6.07, 6.45) is 2.59. The maximum absolute atomic E-state index is 12.5. The minimum atomic E-state index is 0.0157. The molecule has 0 radical (unpaired) electrons. The first kappa shape index (κ1) is 15.2. The Morgan fingerprint density at radius 3 is 2.58 bits per heavy atom. The van der Waals surface area contributed by atoms with Crippen LogP contribution in [0, 0.1) is 17.2 Å². The van der Waals surface area contributed by atoms with E-state index in [9.17, 15) is 4.79 Å². The van der Waals surface area contributed by atoms with Crippen molar-refractivity contribution in [2.75, 3.05) is 4.90 Å². The summed E-state index contributed by atoms with van der Waals surface area (Å²) in [4.78, 5) is 14.9. The summed E-state index contributed by atoms with van der Waals surface area (Å²) in [7, 11) is 0. The van der Waals surface area contributed by atoms with Gasteiger partial charge in [-0.3, -0.25) is 4.79 Å². The first-order chi connectivity index (χ1) is 11.7. The smallest absolute Gasteiger partial charge is 0.140 e. The van der Waals surface area contributed by atoms with Crippen LogP contribution in [0.3, 0.4) is 0 Å². The number of ketones is 1. The van der Waals surface area contributed by atoms with E-state index in [2.05, 4.69) is 17.0 Å². The molecule has 24 heavy (non-hydrogen) atoms. The largest absolute Gasteiger partial charge is 0.360 e. The Hall–Kier alpha value is -2.31. The van der Waals surface area contributed by atoms with Crippen molar-refractivity contribution in [2.24, 2.45) is 5.92 Å². The number of carbonyl (C=O) groups is 1. The van der Waals surface area contributed by atoms with Gasteiger partial charge < -0.3 is 4.90 Å². The monoisotopic (exact) mass is 336 g/mol. The Bertz CT molecular complexity index is 824. The number of carbonyl (C=O) groups excluding carboxylic acids is 1. The summed E-state index contributed by atoms with van der Waals surface area (Å²) in [6, 6.07) is 17.9. The third-order valence-electron chi connectivity index (χ3n) is 5.22. The van der Waals surface area contributed by atoms with Crippen LogP contribution >= 0.6 is 11.6 Å². The van der Waals surface area contributed by atoms with Crippen molar-refractivity contribution in [3.63, 3.8) is 0 Å². The van der Waals surface area contributed by atoms with Gasteiger partial charge >= 0.3 is 0 Å². The van der Waals surface area contributed by atoms with E-state index in [1.807, 2.05) is 42.5 Å². The van der Waals surface area contributed by atoms with Crippen LogP contribution in [-0.4, -0.2) is 11.8 Å². The molecule has 2 aliphatic heterocycles. The van der Waals surface area contributed by atoms with Gasteiger partial charge in [0.15, 0.2) is 0 Å². The van der Waals surface area contributed by atoms with E-state index in [4.69, 9.17) is 16.9 Å². The first-order valence-electron chi connectivity index (χ1n) is 8.24. The maximum atomic E-state index is 12.5. The highest BCUT2D eigenvalue weighted by Crippen LogP contribution is 2.48. The molecule has 1 saturated carbocycles. The number of halogens is 1. The van der Waals surface area contributed by atoms with Gasteiger partial charge in [0.2, 0.25) is 0 Å². The Labute approximate surface area is 146 Å². The normalized spacial score (nSPS) is 25.6. The molecule has 3 atom stereocenters. The molecule has 2 saturated heterocycles. The number of rotatable bonds is 2. The molecule has 2 heterocycles. The Balaban J connectivity index is 1.80. The van der Waals surface area contributed by atoms with E-state index in [0.29, 0.717) is 22.8 Å². The highest BCUT2D eigenvalue weighted by molar-refractivity contribution is 6.30. The van der Waals surface area contributed by atoms with Crippen molar-refractivity contribution >= 4 is 23.1 Å². The molecule has 2 aromatic carbocycles. The predicted molar refractivity (Wildman–Crippen MR) is 94.0 cm³/mol. The van der Waals surface area contributed by atoms with Crippen LogP contribution in [-0.2, 0) is 4.79 Å². The van der Waals surface area contributed by atoms with Crippen molar-refractivity contribution < 1.29 is 4.79 Å². The zero-order valence-electron chi connectivity index (χ0n) is 13.2. The molecule has 2 aromatic rings. The predicted octanol–water partition coefficient (Wildman–Crippen LogP) is 4.51. The summed E-state index contributed by atoms with van der Waals surface area (Å²) in [5.41, 5.74) is 2.80. The quantitative estimate of drug-likeness (QED) is 0.810. The molecule has 0 aromatic heterocycles. The van der Waals surface area contributed by atoms with Crippen LogP contribution in [0.5, 0.6) is 0 Å². The number of Topliss-reactive ketones (excluding diaryl/α,β-unsaturated/α-hetero) is 1. The van der Waals surface area contributed by atoms with E-state index in [-0.39, 0.29) is 18.0 Å². The number of anilines is 1. The van der Waals surface area contributed by atoms with E-state index < -0.39 is 0 Å². The van der Waals surface area contributed by atoms with Crippen LogP contribution in [0.2, 0.25) is 5.02 Å². The zero-order chi connectivity index (χ0) is 16.7. The van der Waals surface area contributed by atoms with E-state index in [1.54, 1.807) is 0 Å². The van der Waals surface area contributed by atoms with Gasteiger partial charge in [0.25, 0.3) is 0 Å². The average molecular weight is 337 g/mol. The molecular weight excluding hydrogens is 320 g/mol. The van der Waals surface area contributed by atoms with E-state index in [0.717, 1.165) is 24.1 Å². The molecule has 1 aliphatic carbocycles. The second-order valence-electron chi connectivity index (χ2n) is 6.57. The molecule has 0 amide bonds. The molecule has 4 heteroatoms. The van der Waals surface area contributed by atoms with Crippen LogP contribution in [0.25, 0.3) is 0 Å². The number of nitrogens with zero attached hydrogens (tertiary/aromatic N) is 2. The van der Waals surface area contributed by atoms with Gasteiger partial charge in [-0.25, -0.2) is 0 Å². The molecule has 3 fully saturated rings.